The highest BCUT2D eigenvalue weighted by molar-refractivity contribution is 5.91. The van der Waals surface area contributed by atoms with Crippen molar-refractivity contribution in [2.24, 2.45) is 0 Å². The maximum Gasteiger partial charge on any atom is 0.573 e. The molecule has 2 heterocycles. The Labute approximate surface area is 213 Å². The minimum absolute atomic E-state index is 0.191. The number of aromatic nitrogens is 4. The molecule has 0 unspecified atom stereocenters. The number of benzene rings is 3. The lowest BCUT2D eigenvalue weighted by atomic mass is 9.98. The van der Waals surface area contributed by atoms with Crippen LogP contribution in [0.25, 0.3) is 32.9 Å². The van der Waals surface area contributed by atoms with Crippen molar-refractivity contribution in [3.63, 3.8) is 0 Å². The molecule has 5 aromatic rings. The van der Waals surface area contributed by atoms with Gasteiger partial charge in [-0.25, -0.2) is 14.9 Å². The topological polar surface area (TPSA) is 125 Å². The van der Waals surface area contributed by atoms with E-state index in [9.17, 15) is 22.8 Å². The predicted octanol–water partition coefficient (Wildman–Crippen LogP) is 5.10. The third kappa shape index (κ3) is 5.28. The minimum Gasteiger partial charge on any atom is -0.405 e. The number of H-pyrrole nitrogens is 2. The van der Waals surface area contributed by atoms with Crippen LogP contribution in [0.2, 0.25) is 0 Å². The van der Waals surface area contributed by atoms with E-state index in [1.807, 2.05) is 0 Å². The molecule has 0 radical (unpaired) electrons. The molecule has 3 aromatic carbocycles. The van der Waals surface area contributed by atoms with Gasteiger partial charge in [-0.1, -0.05) is 30.3 Å². The van der Waals surface area contributed by atoms with Gasteiger partial charge in [0.15, 0.2) is 0 Å². The second-order valence-electron chi connectivity index (χ2n) is 8.40. The van der Waals surface area contributed by atoms with E-state index in [2.05, 4.69) is 35.5 Å². The molecule has 5 rings (SSSR count). The van der Waals surface area contributed by atoms with Crippen LogP contribution in [-0.4, -0.2) is 39.1 Å². The van der Waals surface area contributed by atoms with Gasteiger partial charge in [-0.3, -0.25) is 10.1 Å². The number of alkyl halides is 3. The van der Waals surface area contributed by atoms with Crippen LogP contribution in [0.1, 0.15) is 18.2 Å². The standard InChI is InChI=1S/C26H21F3N6O3/c1-2-30-25(37)33-24-31-19-9-8-15(13-21(19)32-24)18-11-14(7-10-22(18)38-26(27,28)29)12-20-16-5-3-4-6-17(16)23(36)35-34-20/h3-11,13H,2,12H2,1H3,(H,35,36)(H3,30,31,32,33,37). The maximum absolute atomic E-state index is 13.2. The lowest BCUT2D eigenvalue weighted by Crippen LogP contribution is -2.28. The van der Waals surface area contributed by atoms with E-state index in [4.69, 9.17) is 0 Å². The number of anilines is 1. The molecule has 12 heteroatoms. The molecule has 2 amide bonds. The van der Waals surface area contributed by atoms with Gasteiger partial charge in [-0.15, -0.1) is 13.2 Å². The second kappa shape index (κ2) is 9.88. The normalized spacial score (nSPS) is 11.6. The first-order chi connectivity index (χ1) is 18.2. The van der Waals surface area contributed by atoms with Crippen LogP contribution in [0, 0.1) is 0 Å². The first-order valence-electron chi connectivity index (χ1n) is 11.6. The van der Waals surface area contributed by atoms with E-state index in [1.165, 1.54) is 12.1 Å². The van der Waals surface area contributed by atoms with Crippen LogP contribution < -0.4 is 20.9 Å². The van der Waals surface area contributed by atoms with E-state index in [0.717, 1.165) is 0 Å². The average molecular weight is 522 g/mol. The van der Waals surface area contributed by atoms with Crippen LogP contribution in [0.5, 0.6) is 5.75 Å². The lowest BCUT2D eigenvalue weighted by Gasteiger charge is -2.15. The first-order valence-corrected chi connectivity index (χ1v) is 11.6. The number of carbonyl (C=O) groups excluding carboxylic acids is 1. The van der Waals surface area contributed by atoms with Crippen molar-refractivity contribution in [3.8, 4) is 16.9 Å². The lowest BCUT2D eigenvalue weighted by molar-refractivity contribution is -0.274. The van der Waals surface area contributed by atoms with Crippen LogP contribution in [0.15, 0.2) is 65.5 Å². The summed E-state index contributed by atoms with van der Waals surface area (Å²) in [5.41, 5.74) is 2.53. The number of fused-ring (bicyclic) bond motifs is 2. The van der Waals surface area contributed by atoms with Gasteiger partial charge in [0, 0.05) is 23.9 Å². The number of urea groups is 1. The monoisotopic (exact) mass is 522 g/mol. The minimum atomic E-state index is -4.90. The quantitative estimate of drug-likeness (QED) is 0.247. The fraction of sp³-hybridized carbons (Fsp3) is 0.154. The number of rotatable bonds is 6. The fourth-order valence-corrected chi connectivity index (χ4v) is 4.17. The Hall–Kier alpha value is -4.87. The third-order valence-electron chi connectivity index (χ3n) is 5.78. The van der Waals surface area contributed by atoms with E-state index < -0.39 is 12.4 Å². The highest BCUT2D eigenvalue weighted by Crippen LogP contribution is 2.36. The Morgan fingerprint density at radius 2 is 1.84 bits per heavy atom. The van der Waals surface area contributed by atoms with Crippen molar-refractivity contribution < 1.29 is 22.7 Å². The van der Waals surface area contributed by atoms with Gasteiger partial charge in [0.05, 0.1) is 22.1 Å². The molecule has 4 N–H and O–H groups in total. The molecule has 0 spiro atoms. The summed E-state index contributed by atoms with van der Waals surface area (Å²) in [6, 6.07) is 15.8. The molecule has 0 saturated heterocycles. The van der Waals surface area contributed by atoms with Gasteiger partial charge in [0.1, 0.15) is 5.75 Å². The first kappa shape index (κ1) is 24.8. The Bertz CT molecular complexity index is 1710. The maximum atomic E-state index is 13.2. The number of nitrogens with one attached hydrogen (secondary N) is 4. The average Bonchev–Trinajstić information content (AvgIpc) is 3.27. The van der Waals surface area contributed by atoms with E-state index in [0.29, 0.717) is 45.2 Å². The molecule has 9 nitrogen and oxygen atoms in total. The molecule has 38 heavy (non-hydrogen) atoms. The number of hydrogen-bond acceptors (Lipinski definition) is 5. The Morgan fingerprint density at radius 1 is 1.05 bits per heavy atom. The number of amides is 2. The molecule has 2 aromatic heterocycles. The van der Waals surface area contributed by atoms with Gasteiger partial charge in [-0.05, 0) is 48.4 Å². The fourth-order valence-electron chi connectivity index (χ4n) is 4.17. The van der Waals surface area contributed by atoms with E-state index in [-0.39, 0.29) is 29.2 Å². The third-order valence-corrected chi connectivity index (χ3v) is 5.78. The number of carbonyl (C=O) groups is 1. The molecular weight excluding hydrogens is 501 g/mol. The number of halogens is 3. The zero-order chi connectivity index (χ0) is 26.9. The number of nitrogens with zero attached hydrogens (tertiary/aromatic N) is 2. The van der Waals surface area contributed by atoms with Crippen LogP contribution in [0.3, 0.4) is 0 Å². The SMILES string of the molecule is CCNC(=O)Nc1nc2cc(-c3cc(Cc4n[nH]c(=O)c5ccccc45)ccc3OC(F)(F)F)ccc2[nH]1. The van der Waals surface area contributed by atoms with Crippen molar-refractivity contribution in [3.05, 3.63) is 82.3 Å². The summed E-state index contributed by atoms with van der Waals surface area (Å²) in [7, 11) is 0. The zero-order valence-electron chi connectivity index (χ0n) is 19.9. The van der Waals surface area contributed by atoms with Gasteiger partial charge in [0.2, 0.25) is 5.95 Å². The molecule has 194 valence electrons. The van der Waals surface area contributed by atoms with E-state index in [1.54, 1.807) is 55.5 Å². The van der Waals surface area contributed by atoms with Crippen molar-refractivity contribution in [1.82, 2.24) is 25.5 Å². The molecular formula is C26H21F3N6O3. The highest BCUT2D eigenvalue weighted by Gasteiger charge is 2.32. The van der Waals surface area contributed by atoms with Gasteiger partial charge >= 0.3 is 12.4 Å². The number of imidazole rings is 1. The number of ether oxygens (including phenoxy) is 1. The van der Waals surface area contributed by atoms with Gasteiger partial charge in [-0.2, -0.15) is 5.10 Å². The predicted molar refractivity (Wildman–Crippen MR) is 136 cm³/mol. The van der Waals surface area contributed by atoms with Crippen molar-refractivity contribution in [2.75, 3.05) is 11.9 Å². The summed E-state index contributed by atoms with van der Waals surface area (Å²) in [5, 5.41) is 12.9. The van der Waals surface area contributed by atoms with Crippen molar-refractivity contribution in [2.45, 2.75) is 19.7 Å². The van der Waals surface area contributed by atoms with Crippen molar-refractivity contribution >= 4 is 33.8 Å². The van der Waals surface area contributed by atoms with Crippen LogP contribution in [-0.2, 0) is 6.42 Å². The molecule has 0 aliphatic carbocycles. The molecule has 0 aliphatic rings. The summed E-state index contributed by atoms with van der Waals surface area (Å²) in [6.45, 7) is 2.20. The summed E-state index contributed by atoms with van der Waals surface area (Å²) in [6.07, 6.45) is -4.64. The smallest absolute Gasteiger partial charge is 0.405 e. The largest absolute Gasteiger partial charge is 0.573 e. The highest BCUT2D eigenvalue weighted by atomic mass is 19.4. The molecule has 0 atom stereocenters. The number of aromatic amines is 2. The molecule has 0 bridgehead atoms. The molecule has 0 saturated carbocycles. The van der Waals surface area contributed by atoms with Gasteiger partial charge in [0.25, 0.3) is 5.56 Å². The summed E-state index contributed by atoms with van der Waals surface area (Å²) >= 11 is 0. The molecule has 0 aliphatic heterocycles. The van der Waals surface area contributed by atoms with Crippen molar-refractivity contribution in [1.29, 1.82) is 0 Å². The molecule has 0 fully saturated rings. The van der Waals surface area contributed by atoms with Gasteiger partial charge < -0.3 is 15.0 Å². The number of hydrogen-bond donors (Lipinski definition) is 4. The summed E-state index contributed by atoms with van der Waals surface area (Å²) in [5.74, 6) is -0.185. The Balaban J connectivity index is 1.54. The summed E-state index contributed by atoms with van der Waals surface area (Å²) < 4.78 is 43.9. The zero-order valence-corrected chi connectivity index (χ0v) is 19.9. The van der Waals surface area contributed by atoms with E-state index >= 15 is 0 Å². The Morgan fingerprint density at radius 3 is 2.61 bits per heavy atom. The Kier molecular flexibility index (Phi) is 6.45. The summed E-state index contributed by atoms with van der Waals surface area (Å²) in [4.78, 5) is 31.2. The second-order valence-corrected chi connectivity index (χ2v) is 8.40. The van der Waals surface area contributed by atoms with Crippen LogP contribution in [0.4, 0.5) is 23.9 Å². The van der Waals surface area contributed by atoms with Crippen LogP contribution >= 0.6 is 0 Å².